The normalized spacial score (nSPS) is 10.4. The number of benzene rings is 3. The highest BCUT2D eigenvalue weighted by molar-refractivity contribution is 6.31. The second-order valence-corrected chi connectivity index (χ2v) is 7.05. The summed E-state index contributed by atoms with van der Waals surface area (Å²) >= 11 is 6.10. The van der Waals surface area contributed by atoms with Gasteiger partial charge in [0.25, 0.3) is 5.91 Å². The average molecular weight is 408 g/mol. The van der Waals surface area contributed by atoms with Gasteiger partial charge in [0.05, 0.1) is 6.54 Å². The van der Waals surface area contributed by atoms with Crippen LogP contribution in [0.2, 0.25) is 5.02 Å². The third-order valence-electron chi connectivity index (χ3n) is 4.27. The van der Waals surface area contributed by atoms with E-state index in [4.69, 9.17) is 11.6 Å². The number of anilines is 2. The molecule has 0 aliphatic heterocycles. The Balaban J connectivity index is 1.48. The average Bonchev–Trinajstić information content (AvgIpc) is 2.71. The Morgan fingerprint density at radius 1 is 0.862 bits per heavy atom. The molecule has 29 heavy (non-hydrogen) atoms. The fourth-order valence-corrected chi connectivity index (χ4v) is 2.99. The van der Waals surface area contributed by atoms with Crippen LogP contribution in [0.5, 0.6) is 0 Å². The molecule has 0 unspecified atom stereocenters. The molecule has 3 aromatic carbocycles. The predicted molar refractivity (Wildman–Crippen MR) is 117 cm³/mol. The van der Waals surface area contributed by atoms with Crippen molar-refractivity contribution < 1.29 is 9.59 Å². The van der Waals surface area contributed by atoms with Crippen molar-refractivity contribution >= 4 is 34.8 Å². The first-order valence-electron chi connectivity index (χ1n) is 9.23. The summed E-state index contributed by atoms with van der Waals surface area (Å²) in [5.41, 5.74) is 3.89. The molecule has 0 bridgehead atoms. The van der Waals surface area contributed by atoms with Gasteiger partial charge >= 0.3 is 0 Å². The van der Waals surface area contributed by atoms with E-state index >= 15 is 0 Å². The molecule has 148 valence electrons. The molecule has 3 aromatic rings. The van der Waals surface area contributed by atoms with Crippen LogP contribution >= 0.6 is 11.6 Å². The van der Waals surface area contributed by atoms with E-state index in [1.54, 1.807) is 30.3 Å². The lowest BCUT2D eigenvalue weighted by atomic mass is 10.1. The van der Waals surface area contributed by atoms with Crippen molar-refractivity contribution in [1.82, 2.24) is 5.32 Å². The lowest BCUT2D eigenvalue weighted by Crippen LogP contribution is -2.27. The van der Waals surface area contributed by atoms with Crippen LogP contribution in [0.15, 0.2) is 72.8 Å². The first-order valence-corrected chi connectivity index (χ1v) is 9.61. The van der Waals surface area contributed by atoms with Crippen LogP contribution in [0, 0.1) is 6.92 Å². The van der Waals surface area contributed by atoms with Crippen molar-refractivity contribution in [2.45, 2.75) is 13.5 Å². The minimum atomic E-state index is -0.172. The second kappa shape index (κ2) is 9.87. The van der Waals surface area contributed by atoms with Crippen LogP contribution in [0.1, 0.15) is 21.5 Å². The maximum atomic E-state index is 12.3. The Kier molecular flexibility index (Phi) is 7.00. The smallest absolute Gasteiger partial charge is 0.255 e. The number of nitrogens with one attached hydrogen (secondary N) is 3. The number of aryl methyl sites for hydroxylation is 1. The summed E-state index contributed by atoms with van der Waals surface area (Å²) in [7, 11) is 0. The van der Waals surface area contributed by atoms with E-state index in [1.165, 1.54) is 0 Å². The van der Waals surface area contributed by atoms with Crippen LogP contribution in [-0.4, -0.2) is 18.4 Å². The summed E-state index contributed by atoms with van der Waals surface area (Å²) in [6.07, 6.45) is 0. The highest BCUT2D eigenvalue weighted by atomic mass is 35.5. The zero-order valence-electron chi connectivity index (χ0n) is 16.0. The Labute approximate surface area is 175 Å². The monoisotopic (exact) mass is 407 g/mol. The second-order valence-electron chi connectivity index (χ2n) is 6.64. The van der Waals surface area contributed by atoms with Gasteiger partial charge in [-0.15, -0.1) is 0 Å². The van der Waals surface area contributed by atoms with E-state index in [-0.39, 0.29) is 18.4 Å². The van der Waals surface area contributed by atoms with Gasteiger partial charge in [-0.25, -0.2) is 0 Å². The molecule has 6 heteroatoms. The number of halogens is 1. The van der Waals surface area contributed by atoms with Gasteiger partial charge in [-0.3, -0.25) is 9.59 Å². The van der Waals surface area contributed by atoms with Crippen molar-refractivity contribution in [2.24, 2.45) is 0 Å². The summed E-state index contributed by atoms with van der Waals surface area (Å²) in [4.78, 5) is 24.4. The fraction of sp³-hybridized carbons (Fsp3) is 0.130. The van der Waals surface area contributed by atoms with Crippen molar-refractivity contribution in [3.05, 3.63) is 94.5 Å². The van der Waals surface area contributed by atoms with Crippen LogP contribution < -0.4 is 16.0 Å². The fourth-order valence-electron chi connectivity index (χ4n) is 2.78. The Morgan fingerprint density at radius 3 is 2.24 bits per heavy atom. The molecule has 0 atom stereocenters. The Bertz CT molecular complexity index is 1000. The topological polar surface area (TPSA) is 70.2 Å². The quantitative estimate of drug-likeness (QED) is 0.534. The minimum Gasteiger partial charge on any atom is -0.325 e. The van der Waals surface area contributed by atoms with E-state index in [9.17, 15) is 9.59 Å². The van der Waals surface area contributed by atoms with E-state index < -0.39 is 0 Å². The minimum absolute atomic E-state index is 0.159. The van der Waals surface area contributed by atoms with Gasteiger partial charge in [-0.2, -0.15) is 0 Å². The van der Waals surface area contributed by atoms with Crippen LogP contribution in [0.25, 0.3) is 0 Å². The molecule has 0 saturated carbocycles. The molecule has 0 heterocycles. The lowest BCUT2D eigenvalue weighted by Gasteiger charge is -2.09. The molecule has 0 aliphatic carbocycles. The van der Waals surface area contributed by atoms with E-state index in [2.05, 4.69) is 16.0 Å². The first kappa shape index (κ1) is 20.6. The lowest BCUT2D eigenvalue weighted by molar-refractivity contribution is -0.115. The summed E-state index contributed by atoms with van der Waals surface area (Å²) < 4.78 is 0. The van der Waals surface area contributed by atoms with Crippen molar-refractivity contribution in [1.29, 1.82) is 0 Å². The van der Waals surface area contributed by atoms with Gasteiger partial charge in [0, 0.05) is 28.5 Å². The maximum absolute atomic E-state index is 12.3. The van der Waals surface area contributed by atoms with Crippen LogP contribution in [0.3, 0.4) is 0 Å². The van der Waals surface area contributed by atoms with Gasteiger partial charge in [-0.05, 0) is 55.0 Å². The summed E-state index contributed by atoms with van der Waals surface area (Å²) in [6.45, 7) is 2.62. The van der Waals surface area contributed by atoms with Crippen molar-refractivity contribution in [2.75, 3.05) is 17.2 Å². The third kappa shape index (κ3) is 6.17. The van der Waals surface area contributed by atoms with Gasteiger partial charge < -0.3 is 16.0 Å². The molecule has 0 aliphatic rings. The molecule has 5 nitrogen and oxygen atoms in total. The highest BCUT2D eigenvalue weighted by Crippen LogP contribution is 2.16. The van der Waals surface area contributed by atoms with Crippen LogP contribution in [-0.2, 0) is 11.3 Å². The van der Waals surface area contributed by atoms with E-state index in [0.29, 0.717) is 28.5 Å². The molecule has 3 N–H and O–H groups in total. The standard InChI is InChI=1S/C23H22ClN3O2/c1-16-5-4-7-17(13-16)23(29)27-20-11-9-19(10-12-20)26-22(28)15-25-14-18-6-2-3-8-21(18)24/h2-13,25H,14-15H2,1H3,(H,26,28)(H,27,29). The zero-order chi connectivity index (χ0) is 20.6. The molecule has 0 spiro atoms. The molecular formula is C23H22ClN3O2. The number of carbonyl (C=O) groups excluding carboxylic acids is 2. The molecule has 0 saturated heterocycles. The zero-order valence-corrected chi connectivity index (χ0v) is 16.8. The van der Waals surface area contributed by atoms with Gasteiger partial charge in [-0.1, -0.05) is 47.5 Å². The summed E-state index contributed by atoms with van der Waals surface area (Å²) in [6, 6.07) is 21.9. The maximum Gasteiger partial charge on any atom is 0.255 e. The molecule has 0 aromatic heterocycles. The molecular weight excluding hydrogens is 386 g/mol. The molecule has 3 rings (SSSR count). The number of hydrogen-bond donors (Lipinski definition) is 3. The van der Waals surface area contributed by atoms with Crippen LogP contribution in [0.4, 0.5) is 11.4 Å². The molecule has 0 fully saturated rings. The van der Waals surface area contributed by atoms with E-state index in [0.717, 1.165) is 11.1 Å². The van der Waals surface area contributed by atoms with E-state index in [1.807, 2.05) is 49.4 Å². The number of amides is 2. The van der Waals surface area contributed by atoms with Gasteiger partial charge in [0.2, 0.25) is 5.91 Å². The summed E-state index contributed by atoms with van der Waals surface area (Å²) in [5.74, 6) is -0.331. The Morgan fingerprint density at radius 2 is 1.55 bits per heavy atom. The van der Waals surface area contributed by atoms with Crippen molar-refractivity contribution in [3.8, 4) is 0 Å². The molecule has 0 radical (unpaired) electrons. The third-order valence-corrected chi connectivity index (χ3v) is 4.63. The van der Waals surface area contributed by atoms with Gasteiger partial charge in [0.1, 0.15) is 0 Å². The first-order chi connectivity index (χ1) is 14.0. The number of carbonyl (C=O) groups is 2. The van der Waals surface area contributed by atoms with Crippen molar-refractivity contribution in [3.63, 3.8) is 0 Å². The van der Waals surface area contributed by atoms with Gasteiger partial charge in [0.15, 0.2) is 0 Å². The number of hydrogen-bond acceptors (Lipinski definition) is 3. The predicted octanol–water partition coefficient (Wildman–Crippen LogP) is 4.63. The highest BCUT2D eigenvalue weighted by Gasteiger charge is 2.07. The SMILES string of the molecule is Cc1cccc(C(=O)Nc2ccc(NC(=O)CNCc3ccccc3Cl)cc2)c1. The largest absolute Gasteiger partial charge is 0.325 e. The molecule has 2 amide bonds. The summed E-state index contributed by atoms with van der Waals surface area (Å²) in [5, 5.41) is 9.40. The number of rotatable bonds is 7. The Hall–Kier alpha value is -3.15.